The molecule has 0 bridgehead atoms. The molecule has 0 saturated carbocycles. The molecule has 0 aliphatic heterocycles. The number of fused-ring (bicyclic) bond motifs is 4. The van der Waals surface area contributed by atoms with Crippen molar-refractivity contribution in [3.05, 3.63) is 36.4 Å². The summed E-state index contributed by atoms with van der Waals surface area (Å²) in [6.45, 7) is 11.0. The molecule has 27 heavy (non-hydrogen) atoms. The van der Waals surface area contributed by atoms with E-state index in [9.17, 15) is 0 Å². The average molecular weight is 363 g/mol. The molecule has 4 rings (SSSR count). The second-order valence-electron chi connectivity index (χ2n) is 7.28. The van der Waals surface area contributed by atoms with Crippen LogP contribution in [0.5, 0.6) is 11.5 Å². The van der Waals surface area contributed by atoms with Crippen molar-refractivity contribution in [1.82, 2.24) is 14.5 Å². The number of aromatic nitrogens is 3. The molecule has 0 amide bonds. The van der Waals surface area contributed by atoms with Crippen molar-refractivity contribution >= 4 is 33.1 Å². The minimum atomic E-state index is 0.0515. The Morgan fingerprint density at radius 1 is 0.889 bits per heavy atom. The summed E-state index contributed by atoms with van der Waals surface area (Å²) in [6.07, 6.45) is 0.103. The number of para-hydroxylation sites is 1. The smallest absolute Gasteiger partial charge is 0.163 e. The molecule has 4 aromatic rings. The molecule has 0 aliphatic carbocycles. The van der Waals surface area contributed by atoms with E-state index in [4.69, 9.17) is 19.4 Å². The van der Waals surface area contributed by atoms with Gasteiger partial charge >= 0.3 is 0 Å². The summed E-state index contributed by atoms with van der Waals surface area (Å²) in [6, 6.07) is 12.2. The minimum Gasteiger partial charge on any atom is -0.487 e. The number of rotatable bonds is 5. The summed E-state index contributed by atoms with van der Waals surface area (Å²) < 4.78 is 14.2. The van der Waals surface area contributed by atoms with Crippen LogP contribution in [-0.2, 0) is 6.54 Å². The maximum absolute atomic E-state index is 5.98. The van der Waals surface area contributed by atoms with Crippen LogP contribution in [0.25, 0.3) is 33.1 Å². The number of hydrogen-bond acceptors (Lipinski definition) is 4. The SMILES string of the molecule is CCn1c2ccccc2c2nc3cc(OC(C)C)c(OC(C)C)cc3nc21. The Labute approximate surface area is 158 Å². The summed E-state index contributed by atoms with van der Waals surface area (Å²) in [7, 11) is 0. The van der Waals surface area contributed by atoms with Crippen LogP contribution in [0.4, 0.5) is 0 Å². The molecule has 0 unspecified atom stereocenters. The summed E-state index contributed by atoms with van der Waals surface area (Å²) in [5, 5.41) is 1.12. The first kappa shape index (κ1) is 17.6. The fourth-order valence-electron chi connectivity index (χ4n) is 3.46. The Hall–Kier alpha value is -2.82. The van der Waals surface area contributed by atoms with Crippen LogP contribution in [-0.4, -0.2) is 26.7 Å². The van der Waals surface area contributed by atoms with Gasteiger partial charge in [0.25, 0.3) is 0 Å². The molecule has 0 atom stereocenters. The van der Waals surface area contributed by atoms with Gasteiger partial charge in [0.05, 0.1) is 28.8 Å². The van der Waals surface area contributed by atoms with Crippen LogP contribution in [0, 0.1) is 0 Å². The molecule has 5 nitrogen and oxygen atoms in total. The first-order valence-corrected chi connectivity index (χ1v) is 9.54. The molecule has 140 valence electrons. The first-order valence-electron chi connectivity index (χ1n) is 9.54. The van der Waals surface area contributed by atoms with Crippen molar-refractivity contribution in [3.63, 3.8) is 0 Å². The standard InChI is InChI=1S/C22H25N3O2/c1-6-25-18-10-8-7-9-15(18)21-22(25)24-17-12-20(27-14(4)5)19(26-13(2)3)11-16(17)23-21/h7-14H,6H2,1-5H3. The maximum atomic E-state index is 5.98. The van der Waals surface area contributed by atoms with Gasteiger partial charge in [0.15, 0.2) is 17.1 Å². The molecule has 2 aromatic heterocycles. The summed E-state index contributed by atoms with van der Waals surface area (Å²) in [5.41, 5.74) is 4.61. The molecule has 0 N–H and O–H groups in total. The third-order valence-electron chi connectivity index (χ3n) is 4.46. The Morgan fingerprint density at radius 2 is 1.48 bits per heavy atom. The second-order valence-corrected chi connectivity index (χ2v) is 7.28. The van der Waals surface area contributed by atoms with E-state index in [0.29, 0.717) is 11.5 Å². The second kappa shape index (κ2) is 6.72. The number of nitrogens with zero attached hydrogens (tertiary/aromatic N) is 3. The van der Waals surface area contributed by atoms with E-state index < -0.39 is 0 Å². The highest BCUT2D eigenvalue weighted by Gasteiger charge is 2.17. The van der Waals surface area contributed by atoms with Gasteiger partial charge in [-0.25, -0.2) is 9.97 Å². The first-order chi connectivity index (χ1) is 13.0. The van der Waals surface area contributed by atoms with Gasteiger partial charge in [0.2, 0.25) is 0 Å². The number of ether oxygens (including phenoxy) is 2. The fraction of sp³-hybridized carbons (Fsp3) is 0.364. The predicted molar refractivity (Wildman–Crippen MR) is 110 cm³/mol. The van der Waals surface area contributed by atoms with E-state index in [1.54, 1.807) is 0 Å². The normalized spacial score (nSPS) is 12.0. The lowest BCUT2D eigenvalue weighted by atomic mass is 10.2. The van der Waals surface area contributed by atoms with Crippen molar-refractivity contribution < 1.29 is 9.47 Å². The van der Waals surface area contributed by atoms with Gasteiger partial charge in [0.1, 0.15) is 5.52 Å². The summed E-state index contributed by atoms with van der Waals surface area (Å²) in [5.74, 6) is 1.41. The summed E-state index contributed by atoms with van der Waals surface area (Å²) in [4.78, 5) is 9.88. The molecule has 0 aliphatic rings. The van der Waals surface area contributed by atoms with E-state index in [2.05, 4.69) is 29.7 Å². The lowest BCUT2D eigenvalue weighted by Gasteiger charge is -2.17. The van der Waals surface area contributed by atoms with Crippen LogP contribution in [0.15, 0.2) is 36.4 Å². The quantitative estimate of drug-likeness (QED) is 0.481. The zero-order valence-electron chi connectivity index (χ0n) is 16.5. The van der Waals surface area contributed by atoms with E-state index in [1.165, 1.54) is 0 Å². The van der Waals surface area contributed by atoms with Crippen molar-refractivity contribution in [2.75, 3.05) is 0 Å². The zero-order chi connectivity index (χ0) is 19.1. The van der Waals surface area contributed by atoms with Crippen molar-refractivity contribution in [3.8, 4) is 11.5 Å². The van der Waals surface area contributed by atoms with Crippen LogP contribution >= 0.6 is 0 Å². The molecule has 0 fully saturated rings. The predicted octanol–water partition coefficient (Wildman–Crippen LogP) is 5.33. The number of hydrogen-bond donors (Lipinski definition) is 0. The highest BCUT2D eigenvalue weighted by molar-refractivity contribution is 6.06. The highest BCUT2D eigenvalue weighted by Crippen LogP contribution is 2.35. The monoisotopic (exact) mass is 363 g/mol. The molecule has 0 radical (unpaired) electrons. The maximum Gasteiger partial charge on any atom is 0.163 e. The summed E-state index contributed by atoms with van der Waals surface area (Å²) >= 11 is 0. The van der Waals surface area contributed by atoms with Crippen molar-refractivity contribution in [2.45, 2.75) is 53.4 Å². The van der Waals surface area contributed by atoms with Gasteiger partial charge in [-0.05, 0) is 40.7 Å². The van der Waals surface area contributed by atoms with Crippen LogP contribution < -0.4 is 9.47 Å². The minimum absolute atomic E-state index is 0.0515. The Kier molecular flexibility index (Phi) is 4.38. The van der Waals surface area contributed by atoms with Gasteiger partial charge in [0, 0.05) is 24.1 Å². The lowest BCUT2D eigenvalue weighted by Crippen LogP contribution is -2.11. The topological polar surface area (TPSA) is 49.2 Å². The van der Waals surface area contributed by atoms with E-state index in [0.717, 1.165) is 39.6 Å². The van der Waals surface area contributed by atoms with Crippen LogP contribution in [0.3, 0.4) is 0 Å². The van der Waals surface area contributed by atoms with E-state index in [-0.39, 0.29) is 12.2 Å². The molecule has 0 spiro atoms. The Morgan fingerprint density at radius 3 is 2.07 bits per heavy atom. The molecule has 2 heterocycles. The zero-order valence-corrected chi connectivity index (χ0v) is 16.5. The Balaban J connectivity index is 2.02. The van der Waals surface area contributed by atoms with Gasteiger partial charge in [-0.3, -0.25) is 0 Å². The van der Waals surface area contributed by atoms with Crippen molar-refractivity contribution in [2.24, 2.45) is 0 Å². The Bertz CT molecular complexity index is 1130. The third kappa shape index (κ3) is 3.07. The van der Waals surface area contributed by atoms with Gasteiger partial charge < -0.3 is 14.0 Å². The molecule has 0 saturated heterocycles. The van der Waals surface area contributed by atoms with Crippen LogP contribution in [0.1, 0.15) is 34.6 Å². The molecule has 2 aromatic carbocycles. The molecule has 5 heteroatoms. The number of benzene rings is 2. The lowest BCUT2D eigenvalue weighted by molar-refractivity contribution is 0.199. The third-order valence-corrected chi connectivity index (χ3v) is 4.46. The van der Waals surface area contributed by atoms with Gasteiger partial charge in [-0.15, -0.1) is 0 Å². The van der Waals surface area contributed by atoms with Crippen LogP contribution in [0.2, 0.25) is 0 Å². The molecular formula is C22H25N3O2. The fourth-order valence-corrected chi connectivity index (χ4v) is 3.46. The number of aryl methyl sites for hydroxylation is 1. The van der Waals surface area contributed by atoms with Gasteiger partial charge in [-0.1, -0.05) is 18.2 Å². The highest BCUT2D eigenvalue weighted by atomic mass is 16.5. The average Bonchev–Trinajstić information content (AvgIpc) is 2.92. The van der Waals surface area contributed by atoms with Crippen molar-refractivity contribution in [1.29, 1.82) is 0 Å². The van der Waals surface area contributed by atoms with E-state index >= 15 is 0 Å². The largest absolute Gasteiger partial charge is 0.487 e. The molecular weight excluding hydrogens is 338 g/mol. The van der Waals surface area contributed by atoms with Gasteiger partial charge in [-0.2, -0.15) is 0 Å². The van der Waals surface area contributed by atoms with E-state index in [1.807, 2.05) is 45.9 Å².